The molecule has 11 heteroatoms. The first-order valence-electron chi connectivity index (χ1n) is 11.1. The van der Waals surface area contributed by atoms with E-state index in [9.17, 15) is 18.0 Å². The van der Waals surface area contributed by atoms with Gasteiger partial charge in [-0.25, -0.2) is 4.98 Å². The van der Waals surface area contributed by atoms with Crippen molar-refractivity contribution >= 4 is 23.4 Å². The summed E-state index contributed by atoms with van der Waals surface area (Å²) in [5, 5.41) is 7.49. The number of alkyl halides is 3. The van der Waals surface area contributed by atoms with Crippen molar-refractivity contribution in [2.45, 2.75) is 45.1 Å². The molecule has 34 heavy (non-hydrogen) atoms. The van der Waals surface area contributed by atoms with E-state index in [0.29, 0.717) is 24.6 Å². The molecule has 1 atom stereocenters. The molecule has 4 heterocycles. The molecular weight excluding hydrogens is 447 g/mol. The van der Waals surface area contributed by atoms with Gasteiger partial charge in [-0.15, -0.1) is 0 Å². The highest BCUT2D eigenvalue weighted by Crippen LogP contribution is 2.39. The van der Waals surface area contributed by atoms with Gasteiger partial charge in [-0.3, -0.25) is 9.48 Å². The first-order valence-corrected chi connectivity index (χ1v) is 11.1. The second-order valence-corrected chi connectivity index (χ2v) is 8.64. The lowest BCUT2D eigenvalue weighted by Gasteiger charge is -2.41. The lowest BCUT2D eigenvalue weighted by molar-refractivity contribution is -0.137. The van der Waals surface area contributed by atoms with Crippen molar-refractivity contribution in [2.75, 3.05) is 28.7 Å². The number of nitrogens with zero attached hydrogens (tertiary/aromatic N) is 6. The van der Waals surface area contributed by atoms with Gasteiger partial charge in [-0.05, 0) is 37.5 Å². The van der Waals surface area contributed by atoms with Crippen LogP contribution in [0.25, 0.3) is 0 Å². The van der Waals surface area contributed by atoms with Gasteiger partial charge >= 0.3 is 6.18 Å². The Bertz CT molecular complexity index is 1240. The average Bonchev–Trinajstić information content (AvgIpc) is 3.26. The number of benzene rings is 1. The summed E-state index contributed by atoms with van der Waals surface area (Å²) < 4.78 is 40.5. The third-order valence-corrected chi connectivity index (χ3v) is 6.28. The summed E-state index contributed by atoms with van der Waals surface area (Å²) in [6, 6.07) is 4.94. The number of carbonyl (C=O) groups is 1. The highest BCUT2D eigenvalue weighted by molar-refractivity contribution is 6.05. The van der Waals surface area contributed by atoms with Crippen molar-refractivity contribution in [2.24, 2.45) is 0 Å². The second-order valence-electron chi connectivity index (χ2n) is 8.64. The Balaban J connectivity index is 1.30. The Labute approximate surface area is 194 Å². The zero-order valence-electron chi connectivity index (χ0n) is 18.8. The van der Waals surface area contributed by atoms with Crippen molar-refractivity contribution in [1.82, 2.24) is 19.7 Å². The molecule has 8 nitrogen and oxygen atoms in total. The average molecular weight is 471 g/mol. The molecule has 0 bridgehead atoms. The lowest BCUT2D eigenvalue weighted by atomic mass is 10.0. The third-order valence-electron chi connectivity index (χ3n) is 6.28. The number of carbonyl (C=O) groups excluding carboxylic acids is 1. The van der Waals surface area contributed by atoms with Gasteiger partial charge < -0.3 is 15.1 Å². The largest absolute Gasteiger partial charge is 0.416 e. The van der Waals surface area contributed by atoms with E-state index < -0.39 is 11.7 Å². The van der Waals surface area contributed by atoms with Crippen LogP contribution in [0.5, 0.6) is 0 Å². The summed E-state index contributed by atoms with van der Waals surface area (Å²) in [5.74, 6) is 1.27. The van der Waals surface area contributed by atoms with E-state index in [-0.39, 0.29) is 18.5 Å². The smallest absolute Gasteiger partial charge is 0.350 e. The fraction of sp³-hybridized carbons (Fsp3) is 0.391. The number of rotatable bonds is 5. The van der Waals surface area contributed by atoms with Gasteiger partial charge in [-0.1, -0.05) is 12.1 Å². The number of hydrogen-bond donors (Lipinski definition) is 1. The van der Waals surface area contributed by atoms with Crippen LogP contribution in [0.15, 0.2) is 36.7 Å². The molecule has 0 saturated carbocycles. The standard InChI is InChI=1S/C23H24F3N7O/c1-14-21(34)33-8-4-7-18-19(33)20(31(14)2)30-22(29-18)27-10-16-11-28-32(13-16)12-15-5-3-6-17(9-15)23(24,25)26/h3,5-6,9,11,13-14H,4,7-8,10,12H2,1-2H3,(H,27,29,30). The summed E-state index contributed by atoms with van der Waals surface area (Å²) in [4.78, 5) is 25.6. The molecular formula is C23H24F3N7O. The fourth-order valence-corrected chi connectivity index (χ4v) is 4.37. The Kier molecular flexibility index (Phi) is 5.41. The van der Waals surface area contributed by atoms with Gasteiger partial charge in [0.05, 0.1) is 24.0 Å². The topological polar surface area (TPSA) is 79.2 Å². The Morgan fingerprint density at radius 1 is 1.21 bits per heavy atom. The molecule has 0 aliphatic carbocycles. The van der Waals surface area contributed by atoms with Crippen LogP contribution in [0.4, 0.5) is 30.6 Å². The van der Waals surface area contributed by atoms with Crippen molar-refractivity contribution < 1.29 is 18.0 Å². The summed E-state index contributed by atoms with van der Waals surface area (Å²) in [6.07, 6.45) is 0.704. The highest BCUT2D eigenvalue weighted by atomic mass is 19.4. The molecule has 3 aromatic rings. The van der Waals surface area contributed by atoms with Crippen molar-refractivity contribution in [1.29, 1.82) is 0 Å². The number of aryl methyl sites for hydroxylation is 1. The Morgan fingerprint density at radius 2 is 2.03 bits per heavy atom. The molecule has 1 unspecified atom stereocenters. The van der Waals surface area contributed by atoms with E-state index in [4.69, 9.17) is 0 Å². The van der Waals surface area contributed by atoms with E-state index in [1.54, 1.807) is 28.0 Å². The SMILES string of the molecule is CC1C(=O)N2CCCc3nc(NCc4cnn(Cc5cccc(C(F)(F)F)c5)c4)nc(c32)N1C. The molecule has 178 valence electrons. The van der Waals surface area contributed by atoms with Gasteiger partial charge in [0.25, 0.3) is 0 Å². The van der Waals surface area contributed by atoms with Crippen LogP contribution in [0.2, 0.25) is 0 Å². The van der Waals surface area contributed by atoms with Crippen LogP contribution in [0.1, 0.15) is 35.7 Å². The minimum atomic E-state index is -4.38. The van der Waals surface area contributed by atoms with Crippen LogP contribution < -0.4 is 15.1 Å². The molecule has 0 radical (unpaired) electrons. The molecule has 2 aliphatic rings. The van der Waals surface area contributed by atoms with Gasteiger partial charge in [0.2, 0.25) is 11.9 Å². The van der Waals surface area contributed by atoms with Gasteiger partial charge in [-0.2, -0.15) is 23.3 Å². The normalized spacial score (nSPS) is 17.7. The number of hydrogen-bond acceptors (Lipinski definition) is 6. The number of aromatic nitrogens is 4. The molecule has 1 aromatic carbocycles. The number of halogens is 3. The molecule has 0 fully saturated rings. The van der Waals surface area contributed by atoms with Crippen molar-refractivity contribution in [3.63, 3.8) is 0 Å². The van der Waals surface area contributed by atoms with E-state index >= 15 is 0 Å². The molecule has 0 spiro atoms. The number of nitrogens with one attached hydrogen (secondary N) is 1. The molecule has 5 rings (SSSR count). The Hall–Kier alpha value is -3.63. The molecule has 1 amide bonds. The van der Waals surface area contributed by atoms with Crippen LogP contribution in [-0.2, 0) is 30.5 Å². The third kappa shape index (κ3) is 4.06. The molecule has 1 N–H and O–H groups in total. The Morgan fingerprint density at radius 3 is 2.82 bits per heavy atom. The predicted molar refractivity (Wildman–Crippen MR) is 121 cm³/mol. The van der Waals surface area contributed by atoms with E-state index in [0.717, 1.165) is 47.7 Å². The maximum atomic E-state index is 13.0. The van der Waals surface area contributed by atoms with Crippen LogP contribution in [0.3, 0.4) is 0 Å². The summed E-state index contributed by atoms with van der Waals surface area (Å²) in [6.45, 7) is 3.18. The zero-order valence-corrected chi connectivity index (χ0v) is 18.8. The van der Waals surface area contributed by atoms with E-state index in [2.05, 4.69) is 20.4 Å². The van der Waals surface area contributed by atoms with E-state index in [1.807, 2.05) is 18.9 Å². The van der Waals surface area contributed by atoms with Gasteiger partial charge in [0.1, 0.15) is 11.7 Å². The number of amides is 1. The monoisotopic (exact) mass is 471 g/mol. The van der Waals surface area contributed by atoms with Crippen LogP contribution in [0, 0.1) is 0 Å². The highest BCUT2D eigenvalue weighted by Gasteiger charge is 2.38. The predicted octanol–water partition coefficient (Wildman–Crippen LogP) is 3.47. The van der Waals surface area contributed by atoms with Gasteiger partial charge in [0.15, 0.2) is 5.82 Å². The maximum Gasteiger partial charge on any atom is 0.416 e. The minimum Gasteiger partial charge on any atom is -0.350 e. The summed E-state index contributed by atoms with van der Waals surface area (Å²) >= 11 is 0. The van der Waals surface area contributed by atoms with Crippen molar-refractivity contribution in [3.05, 3.63) is 59.0 Å². The minimum absolute atomic E-state index is 0.0634. The number of anilines is 3. The van der Waals surface area contributed by atoms with E-state index in [1.165, 1.54) is 6.07 Å². The first-order chi connectivity index (χ1) is 16.2. The molecule has 0 saturated heterocycles. The van der Waals surface area contributed by atoms with Gasteiger partial charge in [0, 0.05) is 31.9 Å². The lowest BCUT2D eigenvalue weighted by Crippen LogP contribution is -2.53. The first kappa shape index (κ1) is 22.2. The quantitative estimate of drug-likeness (QED) is 0.614. The molecule has 2 aromatic heterocycles. The fourth-order valence-electron chi connectivity index (χ4n) is 4.37. The summed E-state index contributed by atoms with van der Waals surface area (Å²) in [7, 11) is 1.86. The number of likely N-dealkylation sites (N-methyl/N-ethyl adjacent to an activating group) is 1. The van der Waals surface area contributed by atoms with Crippen LogP contribution >= 0.6 is 0 Å². The second kappa shape index (κ2) is 8.30. The maximum absolute atomic E-state index is 13.0. The van der Waals surface area contributed by atoms with Crippen molar-refractivity contribution in [3.8, 4) is 0 Å². The summed E-state index contributed by atoms with van der Waals surface area (Å²) in [5.41, 5.74) is 2.35. The zero-order chi connectivity index (χ0) is 24.0. The molecule has 2 aliphatic heterocycles. The van der Waals surface area contributed by atoms with Crippen LogP contribution in [-0.4, -0.2) is 45.3 Å².